The molecule has 0 aromatic heterocycles. The average molecular weight is 338 g/mol. The van der Waals surface area contributed by atoms with E-state index in [1.165, 1.54) is 7.11 Å². The summed E-state index contributed by atoms with van der Waals surface area (Å²) in [5, 5.41) is 0. The maximum absolute atomic E-state index is 12.5. The van der Waals surface area contributed by atoms with Crippen LogP contribution in [0.5, 0.6) is 0 Å². The van der Waals surface area contributed by atoms with Gasteiger partial charge in [-0.05, 0) is 25.2 Å². The largest absolute Gasteiger partial charge is 0.469 e. The number of methoxy groups -OCH3 is 1. The van der Waals surface area contributed by atoms with Crippen molar-refractivity contribution in [3.05, 3.63) is 12.3 Å². The molecule has 2 aliphatic rings. The SMILES string of the molecule is C=C1C[C@H](C(=O)CCCC[C@@H](C)CC(=O)OC)OC2(CCCC2)O1. The van der Waals surface area contributed by atoms with Crippen LogP contribution in [-0.4, -0.2) is 30.8 Å². The standard InChI is InChI=1S/C19H30O5/c1-14(12-18(21)22-3)8-4-5-9-16(20)17-13-15(2)23-19(24-17)10-6-7-11-19/h14,17H,2,4-13H2,1,3H3/t14-,17-/m1/s1. The minimum absolute atomic E-state index is 0.145. The van der Waals surface area contributed by atoms with Gasteiger partial charge in [0.15, 0.2) is 5.78 Å². The second-order valence-electron chi connectivity index (χ2n) is 7.17. The van der Waals surface area contributed by atoms with E-state index in [1.807, 2.05) is 6.92 Å². The maximum Gasteiger partial charge on any atom is 0.305 e. The molecule has 0 unspecified atom stereocenters. The third-order valence-electron chi connectivity index (χ3n) is 4.94. The van der Waals surface area contributed by atoms with Gasteiger partial charge in [-0.25, -0.2) is 0 Å². The quantitative estimate of drug-likeness (QED) is 0.496. The number of ketones is 1. The molecule has 1 saturated heterocycles. The molecule has 2 rings (SSSR count). The highest BCUT2D eigenvalue weighted by Crippen LogP contribution is 2.41. The number of hydrogen-bond donors (Lipinski definition) is 0. The van der Waals surface area contributed by atoms with E-state index in [0.717, 1.165) is 44.9 Å². The number of carbonyl (C=O) groups is 2. The van der Waals surface area contributed by atoms with E-state index in [1.54, 1.807) is 0 Å². The molecule has 1 aliphatic carbocycles. The Kier molecular flexibility index (Phi) is 6.84. The fraction of sp³-hybridized carbons (Fsp3) is 0.789. The van der Waals surface area contributed by atoms with Crippen LogP contribution in [0.25, 0.3) is 0 Å². The molecule has 5 heteroatoms. The lowest BCUT2D eigenvalue weighted by Crippen LogP contribution is -2.44. The molecule has 24 heavy (non-hydrogen) atoms. The number of hydrogen-bond acceptors (Lipinski definition) is 5. The highest BCUT2D eigenvalue weighted by atomic mass is 16.7. The molecule has 5 nitrogen and oxygen atoms in total. The van der Waals surface area contributed by atoms with Crippen LogP contribution in [0.15, 0.2) is 12.3 Å². The second-order valence-corrected chi connectivity index (χ2v) is 7.17. The Morgan fingerprint density at radius 1 is 1.33 bits per heavy atom. The Hall–Kier alpha value is -1.36. The Balaban J connectivity index is 1.70. The van der Waals surface area contributed by atoms with Crippen molar-refractivity contribution >= 4 is 11.8 Å². The monoisotopic (exact) mass is 338 g/mol. The van der Waals surface area contributed by atoms with E-state index >= 15 is 0 Å². The fourth-order valence-electron chi connectivity index (χ4n) is 3.57. The lowest BCUT2D eigenvalue weighted by Gasteiger charge is -2.39. The van der Waals surface area contributed by atoms with Crippen molar-refractivity contribution in [2.45, 2.75) is 83.0 Å². The van der Waals surface area contributed by atoms with E-state index in [4.69, 9.17) is 9.47 Å². The normalized spacial score (nSPS) is 23.8. The summed E-state index contributed by atoms with van der Waals surface area (Å²) < 4.78 is 16.5. The first-order valence-corrected chi connectivity index (χ1v) is 9.08. The summed E-state index contributed by atoms with van der Waals surface area (Å²) in [6.07, 6.45) is 7.54. The molecular formula is C19H30O5. The van der Waals surface area contributed by atoms with Gasteiger partial charge in [0, 0.05) is 32.1 Å². The summed E-state index contributed by atoms with van der Waals surface area (Å²) in [5.74, 6) is 0.340. The minimum atomic E-state index is -0.593. The zero-order chi connectivity index (χ0) is 17.6. The van der Waals surface area contributed by atoms with Gasteiger partial charge >= 0.3 is 5.97 Å². The first kappa shape index (κ1) is 19.0. The zero-order valence-electron chi connectivity index (χ0n) is 15.0. The highest BCUT2D eigenvalue weighted by molar-refractivity contribution is 5.83. The van der Waals surface area contributed by atoms with Crippen LogP contribution < -0.4 is 0 Å². The Bertz CT molecular complexity index is 464. The molecule has 1 heterocycles. The predicted molar refractivity (Wildman–Crippen MR) is 90.2 cm³/mol. The molecule has 0 radical (unpaired) electrons. The van der Waals surface area contributed by atoms with Gasteiger partial charge in [0.1, 0.15) is 6.10 Å². The summed E-state index contributed by atoms with van der Waals surface area (Å²) in [4.78, 5) is 23.7. The van der Waals surface area contributed by atoms with E-state index in [2.05, 4.69) is 11.3 Å². The smallest absolute Gasteiger partial charge is 0.305 e. The number of esters is 1. The van der Waals surface area contributed by atoms with Gasteiger partial charge in [-0.3, -0.25) is 9.59 Å². The van der Waals surface area contributed by atoms with E-state index < -0.39 is 11.9 Å². The van der Waals surface area contributed by atoms with E-state index in [-0.39, 0.29) is 17.7 Å². The third-order valence-corrected chi connectivity index (χ3v) is 4.94. The molecule has 2 atom stereocenters. The molecule has 0 bridgehead atoms. The molecular weight excluding hydrogens is 308 g/mol. The number of Topliss-reactive ketones (excluding diaryl/α,β-unsaturated/α-hetero) is 1. The van der Waals surface area contributed by atoms with Crippen molar-refractivity contribution in [2.75, 3.05) is 7.11 Å². The summed E-state index contributed by atoms with van der Waals surface area (Å²) in [7, 11) is 1.41. The molecule has 0 aromatic rings. The molecule has 1 aliphatic heterocycles. The molecule has 1 spiro atoms. The van der Waals surface area contributed by atoms with Gasteiger partial charge in [0.25, 0.3) is 0 Å². The fourth-order valence-corrected chi connectivity index (χ4v) is 3.57. The molecule has 1 saturated carbocycles. The zero-order valence-corrected chi connectivity index (χ0v) is 15.0. The van der Waals surface area contributed by atoms with Crippen LogP contribution in [0.1, 0.15) is 71.1 Å². The summed E-state index contributed by atoms with van der Waals surface area (Å²) in [6, 6.07) is 0. The van der Waals surface area contributed by atoms with Gasteiger partial charge < -0.3 is 14.2 Å². The predicted octanol–water partition coefficient (Wildman–Crippen LogP) is 3.90. The Labute approximate surface area is 144 Å². The Morgan fingerprint density at radius 3 is 2.71 bits per heavy atom. The maximum atomic E-state index is 12.5. The first-order chi connectivity index (χ1) is 11.4. The van der Waals surface area contributed by atoms with Crippen LogP contribution in [0.2, 0.25) is 0 Å². The van der Waals surface area contributed by atoms with Crippen LogP contribution in [0.4, 0.5) is 0 Å². The van der Waals surface area contributed by atoms with Gasteiger partial charge in [0.2, 0.25) is 5.79 Å². The van der Waals surface area contributed by atoms with Gasteiger partial charge in [-0.2, -0.15) is 0 Å². The van der Waals surface area contributed by atoms with Gasteiger partial charge in [-0.15, -0.1) is 0 Å². The first-order valence-electron chi connectivity index (χ1n) is 9.08. The van der Waals surface area contributed by atoms with Crippen molar-refractivity contribution in [3.63, 3.8) is 0 Å². The highest BCUT2D eigenvalue weighted by Gasteiger charge is 2.44. The lowest BCUT2D eigenvalue weighted by atomic mass is 9.97. The van der Waals surface area contributed by atoms with Crippen LogP contribution in [0.3, 0.4) is 0 Å². The van der Waals surface area contributed by atoms with Crippen molar-refractivity contribution in [1.82, 2.24) is 0 Å². The number of rotatable bonds is 8. The topological polar surface area (TPSA) is 61.8 Å². The third kappa shape index (κ3) is 5.33. The molecule has 2 fully saturated rings. The van der Waals surface area contributed by atoms with Crippen molar-refractivity contribution in [1.29, 1.82) is 0 Å². The summed E-state index contributed by atoms with van der Waals surface area (Å²) >= 11 is 0. The van der Waals surface area contributed by atoms with E-state index in [0.29, 0.717) is 25.0 Å². The number of unbranched alkanes of at least 4 members (excludes halogenated alkanes) is 1. The molecule has 0 N–H and O–H groups in total. The van der Waals surface area contributed by atoms with Crippen molar-refractivity contribution < 1.29 is 23.8 Å². The van der Waals surface area contributed by atoms with Crippen LogP contribution >= 0.6 is 0 Å². The number of ether oxygens (including phenoxy) is 3. The minimum Gasteiger partial charge on any atom is -0.469 e. The summed E-state index contributed by atoms with van der Waals surface area (Å²) in [5.41, 5.74) is 0. The van der Waals surface area contributed by atoms with Crippen molar-refractivity contribution in [2.24, 2.45) is 5.92 Å². The van der Waals surface area contributed by atoms with Crippen molar-refractivity contribution in [3.8, 4) is 0 Å². The second kappa shape index (κ2) is 8.65. The molecule has 136 valence electrons. The number of carbonyl (C=O) groups excluding carboxylic acids is 2. The summed E-state index contributed by atoms with van der Waals surface area (Å²) in [6.45, 7) is 5.96. The van der Waals surface area contributed by atoms with Gasteiger partial charge in [0.05, 0.1) is 12.9 Å². The van der Waals surface area contributed by atoms with Gasteiger partial charge in [-0.1, -0.05) is 26.3 Å². The molecule has 0 aromatic carbocycles. The Morgan fingerprint density at radius 2 is 2.04 bits per heavy atom. The van der Waals surface area contributed by atoms with Crippen LogP contribution in [0, 0.1) is 5.92 Å². The van der Waals surface area contributed by atoms with Crippen LogP contribution in [-0.2, 0) is 23.8 Å². The van der Waals surface area contributed by atoms with E-state index in [9.17, 15) is 9.59 Å². The average Bonchev–Trinajstić information content (AvgIpc) is 2.97. The lowest BCUT2D eigenvalue weighted by molar-refractivity contribution is -0.259. The molecule has 0 amide bonds.